The lowest BCUT2D eigenvalue weighted by Crippen LogP contribution is -2.02. The average molecular weight is 273 g/mol. The number of anilines is 2. The average Bonchev–Trinajstić information content (AvgIpc) is 2.72. The fraction of sp³-hybridized carbons (Fsp3) is 0.200. The van der Waals surface area contributed by atoms with E-state index >= 15 is 0 Å². The maximum absolute atomic E-state index is 5.98. The molecule has 5 nitrogen and oxygen atoms in total. The van der Waals surface area contributed by atoms with Crippen LogP contribution in [0.2, 0.25) is 10.0 Å². The van der Waals surface area contributed by atoms with E-state index in [0.717, 1.165) is 0 Å². The van der Waals surface area contributed by atoms with Gasteiger partial charge in [0.1, 0.15) is 0 Å². The largest absolute Gasteiger partial charge is 0.408 e. The van der Waals surface area contributed by atoms with E-state index in [2.05, 4.69) is 15.5 Å². The first kappa shape index (κ1) is 12.2. The molecule has 17 heavy (non-hydrogen) atoms. The van der Waals surface area contributed by atoms with E-state index in [-0.39, 0.29) is 6.01 Å². The van der Waals surface area contributed by atoms with Crippen molar-refractivity contribution >= 4 is 34.9 Å². The van der Waals surface area contributed by atoms with Crippen molar-refractivity contribution in [2.75, 3.05) is 11.9 Å². The van der Waals surface area contributed by atoms with Crippen LogP contribution in [0.1, 0.15) is 5.89 Å². The van der Waals surface area contributed by atoms with Gasteiger partial charge in [-0.1, -0.05) is 28.3 Å². The molecule has 0 spiro atoms. The maximum atomic E-state index is 5.98. The molecule has 0 amide bonds. The number of nitrogens with two attached hydrogens (primary N) is 1. The molecule has 1 heterocycles. The van der Waals surface area contributed by atoms with Gasteiger partial charge in [-0.2, -0.15) is 0 Å². The molecule has 0 radical (unpaired) electrons. The molecule has 3 N–H and O–H groups in total. The van der Waals surface area contributed by atoms with Gasteiger partial charge in [-0.25, -0.2) is 0 Å². The molecule has 0 saturated carbocycles. The quantitative estimate of drug-likeness (QED) is 0.895. The lowest BCUT2D eigenvalue weighted by atomic mass is 10.3. The molecular weight excluding hydrogens is 263 g/mol. The van der Waals surface area contributed by atoms with Crippen molar-refractivity contribution in [3.8, 4) is 0 Å². The molecule has 0 atom stereocenters. The summed E-state index contributed by atoms with van der Waals surface area (Å²) < 4.78 is 5.31. The van der Waals surface area contributed by atoms with Gasteiger partial charge in [-0.15, -0.1) is 5.10 Å². The summed E-state index contributed by atoms with van der Waals surface area (Å²) in [5.74, 6) is 0.480. The zero-order valence-electron chi connectivity index (χ0n) is 8.78. The van der Waals surface area contributed by atoms with E-state index in [1.807, 2.05) is 0 Å². The normalized spacial score (nSPS) is 10.5. The Labute approximate surface area is 108 Å². The zero-order chi connectivity index (χ0) is 12.3. The zero-order valence-corrected chi connectivity index (χ0v) is 10.3. The molecule has 0 unspecified atom stereocenters. The van der Waals surface area contributed by atoms with Crippen LogP contribution < -0.4 is 11.1 Å². The maximum Gasteiger partial charge on any atom is 0.320 e. The topological polar surface area (TPSA) is 77.0 Å². The highest BCUT2D eigenvalue weighted by molar-refractivity contribution is 6.35. The number of hydrogen-bond donors (Lipinski definition) is 2. The molecule has 1 aromatic heterocycles. The summed E-state index contributed by atoms with van der Waals surface area (Å²) in [5.41, 5.74) is 5.99. The summed E-state index contributed by atoms with van der Waals surface area (Å²) in [7, 11) is 0. The molecule has 0 aliphatic heterocycles. The number of nitrogens with one attached hydrogen (secondary N) is 1. The van der Waals surface area contributed by atoms with Gasteiger partial charge in [0.15, 0.2) is 0 Å². The van der Waals surface area contributed by atoms with E-state index in [9.17, 15) is 0 Å². The minimum atomic E-state index is 0.262. The van der Waals surface area contributed by atoms with Gasteiger partial charge >= 0.3 is 6.01 Å². The SMILES string of the molecule is NCCc1nnc(Nc2cc(Cl)ccc2Cl)o1. The van der Waals surface area contributed by atoms with Crippen LogP contribution >= 0.6 is 23.2 Å². The standard InChI is InChI=1S/C10H10Cl2N4O/c11-6-1-2-7(12)8(5-6)14-10-16-15-9(17-10)3-4-13/h1-2,5H,3-4,13H2,(H,14,16). The third-order valence-electron chi connectivity index (χ3n) is 2.00. The van der Waals surface area contributed by atoms with Crippen molar-refractivity contribution < 1.29 is 4.42 Å². The first-order chi connectivity index (χ1) is 8.19. The highest BCUT2D eigenvalue weighted by Crippen LogP contribution is 2.27. The molecular formula is C10H10Cl2N4O. The van der Waals surface area contributed by atoms with Crippen molar-refractivity contribution in [1.82, 2.24) is 10.2 Å². The van der Waals surface area contributed by atoms with Gasteiger partial charge in [-0.3, -0.25) is 0 Å². The second-order valence-corrected chi connectivity index (χ2v) is 4.13. The molecule has 7 heteroatoms. The predicted octanol–water partition coefficient (Wildman–Crippen LogP) is 2.62. The molecule has 0 saturated heterocycles. The van der Waals surface area contributed by atoms with E-state index in [4.69, 9.17) is 33.4 Å². The summed E-state index contributed by atoms with van der Waals surface area (Å²) in [6.07, 6.45) is 0.540. The van der Waals surface area contributed by atoms with Crippen molar-refractivity contribution in [3.05, 3.63) is 34.1 Å². The molecule has 0 aliphatic rings. The molecule has 1 aromatic carbocycles. The van der Waals surface area contributed by atoms with Gasteiger partial charge in [0.05, 0.1) is 10.7 Å². The number of hydrogen-bond acceptors (Lipinski definition) is 5. The molecule has 2 rings (SSSR count). The van der Waals surface area contributed by atoms with Crippen LogP contribution in [-0.4, -0.2) is 16.7 Å². The van der Waals surface area contributed by atoms with Crippen LogP contribution in [0.3, 0.4) is 0 Å². The van der Waals surface area contributed by atoms with Crippen LogP contribution in [0, 0.1) is 0 Å². The lowest BCUT2D eigenvalue weighted by molar-refractivity contribution is 0.510. The van der Waals surface area contributed by atoms with Gasteiger partial charge in [0.25, 0.3) is 0 Å². The Morgan fingerprint density at radius 1 is 1.29 bits per heavy atom. The molecule has 0 aliphatic carbocycles. The Kier molecular flexibility index (Phi) is 3.83. The van der Waals surface area contributed by atoms with Gasteiger partial charge in [0, 0.05) is 18.0 Å². The Hall–Kier alpha value is -1.30. The summed E-state index contributed by atoms with van der Waals surface area (Å²) >= 11 is 11.8. The fourth-order valence-electron chi connectivity index (χ4n) is 1.24. The second kappa shape index (κ2) is 5.35. The van der Waals surface area contributed by atoms with Gasteiger partial charge < -0.3 is 15.5 Å². The van der Waals surface area contributed by atoms with Crippen molar-refractivity contribution in [1.29, 1.82) is 0 Å². The van der Waals surface area contributed by atoms with Gasteiger partial charge in [-0.05, 0) is 18.2 Å². The third-order valence-corrected chi connectivity index (χ3v) is 2.56. The lowest BCUT2D eigenvalue weighted by Gasteiger charge is -2.03. The van der Waals surface area contributed by atoms with Crippen molar-refractivity contribution in [3.63, 3.8) is 0 Å². The third kappa shape index (κ3) is 3.09. The number of rotatable bonds is 4. The monoisotopic (exact) mass is 272 g/mol. The summed E-state index contributed by atoms with van der Waals surface area (Å²) in [6.45, 7) is 0.458. The molecule has 0 fully saturated rings. The van der Waals surface area contributed by atoms with Crippen LogP contribution in [0.15, 0.2) is 22.6 Å². The van der Waals surface area contributed by atoms with Crippen LogP contribution in [0.5, 0.6) is 0 Å². The van der Waals surface area contributed by atoms with E-state index in [1.54, 1.807) is 18.2 Å². The number of nitrogens with zero attached hydrogens (tertiary/aromatic N) is 2. The number of halogens is 2. The summed E-state index contributed by atoms with van der Waals surface area (Å²) in [6, 6.07) is 5.32. The minimum absolute atomic E-state index is 0.262. The first-order valence-corrected chi connectivity index (χ1v) is 5.69. The molecule has 2 aromatic rings. The van der Waals surface area contributed by atoms with E-state index < -0.39 is 0 Å². The highest BCUT2D eigenvalue weighted by atomic mass is 35.5. The number of aromatic nitrogens is 2. The second-order valence-electron chi connectivity index (χ2n) is 3.29. The highest BCUT2D eigenvalue weighted by Gasteiger charge is 2.08. The number of benzene rings is 1. The van der Waals surface area contributed by atoms with E-state index in [0.29, 0.717) is 34.6 Å². The summed E-state index contributed by atoms with van der Waals surface area (Å²) in [4.78, 5) is 0. The first-order valence-electron chi connectivity index (χ1n) is 4.93. The predicted molar refractivity (Wildman–Crippen MR) is 66.8 cm³/mol. The fourth-order valence-corrected chi connectivity index (χ4v) is 1.57. The van der Waals surface area contributed by atoms with Crippen LogP contribution in [-0.2, 0) is 6.42 Å². The Bertz CT molecular complexity index is 515. The Balaban J connectivity index is 2.16. The van der Waals surface area contributed by atoms with Crippen LogP contribution in [0.4, 0.5) is 11.7 Å². The van der Waals surface area contributed by atoms with Crippen molar-refractivity contribution in [2.24, 2.45) is 5.73 Å². The van der Waals surface area contributed by atoms with Crippen molar-refractivity contribution in [2.45, 2.75) is 6.42 Å². The Morgan fingerprint density at radius 3 is 2.88 bits per heavy atom. The van der Waals surface area contributed by atoms with E-state index in [1.165, 1.54) is 0 Å². The molecule has 90 valence electrons. The minimum Gasteiger partial charge on any atom is -0.408 e. The Morgan fingerprint density at radius 2 is 2.12 bits per heavy atom. The summed E-state index contributed by atoms with van der Waals surface area (Å²) in [5, 5.41) is 11.6. The van der Waals surface area contributed by atoms with Crippen LogP contribution in [0.25, 0.3) is 0 Å². The molecule has 0 bridgehead atoms. The van der Waals surface area contributed by atoms with Gasteiger partial charge in [0.2, 0.25) is 5.89 Å². The smallest absolute Gasteiger partial charge is 0.320 e.